The van der Waals surface area contributed by atoms with E-state index in [1.54, 1.807) is 0 Å². The lowest BCUT2D eigenvalue weighted by atomic mass is 9.86. The number of rotatable bonds is 5. The Balaban J connectivity index is 2.03. The second-order valence-corrected chi connectivity index (χ2v) is 6.33. The number of benzene rings is 1. The topological polar surface area (TPSA) is 58.4 Å². The predicted octanol–water partition coefficient (Wildman–Crippen LogP) is 2.27. The van der Waals surface area contributed by atoms with Crippen LogP contribution in [0, 0.1) is 5.92 Å². The summed E-state index contributed by atoms with van der Waals surface area (Å²) in [4.78, 5) is 14.5. The highest BCUT2D eigenvalue weighted by Gasteiger charge is 2.27. The summed E-state index contributed by atoms with van der Waals surface area (Å²) in [5.74, 6) is 5.88. The number of nitrogens with two attached hydrogens (primary N) is 1. The standard InChI is InChI=1S/C17H27N3O/c1-13-8-10-15(11-9-13)20(2)12-16(17(21)19-18)14-6-4-3-5-7-14/h3-7,13,15-16H,8-12,18H2,1-2H3,(H,19,21). The Kier molecular flexibility index (Phi) is 5.76. The highest BCUT2D eigenvalue weighted by Crippen LogP contribution is 2.28. The molecule has 4 heteroatoms. The third-order valence-electron chi connectivity index (χ3n) is 4.74. The van der Waals surface area contributed by atoms with Crippen LogP contribution < -0.4 is 11.3 Å². The summed E-state index contributed by atoms with van der Waals surface area (Å²) in [5, 5.41) is 0. The summed E-state index contributed by atoms with van der Waals surface area (Å²) in [7, 11) is 2.13. The van der Waals surface area contributed by atoms with Crippen molar-refractivity contribution in [1.29, 1.82) is 0 Å². The van der Waals surface area contributed by atoms with Crippen molar-refractivity contribution in [3.05, 3.63) is 35.9 Å². The molecule has 1 amide bonds. The van der Waals surface area contributed by atoms with Gasteiger partial charge in [0.1, 0.15) is 0 Å². The molecule has 4 nitrogen and oxygen atoms in total. The third kappa shape index (κ3) is 4.29. The molecule has 0 spiro atoms. The van der Waals surface area contributed by atoms with Gasteiger partial charge in [-0.1, -0.05) is 37.3 Å². The minimum Gasteiger partial charge on any atom is -0.302 e. The quantitative estimate of drug-likeness (QED) is 0.497. The number of carbonyl (C=O) groups excluding carboxylic acids is 1. The molecule has 1 fully saturated rings. The zero-order valence-corrected chi connectivity index (χ0v) is 13.1. The zero-order valence-electron chi connectivity index (χ0n) is 13.1. The number of hydrazine groups is 1. The molecule has 0 bridgehead atoms. The Morgan fingerprint density at radius 3 is 2.48 bits per heavy atom. The summed E-state index contributed by atoms with van der Waals surface area (Å²) in [5.41, 5.74) is 3.34. The van der Waals surface area contributed by atoms with Crippen molar-refractivity contribution in [1.82, 2.24) is 10.3 Å². The number of hydrogen-bond acceptors (Lipinski definition) is 3. The predicted molar refractivity (Wildman–Crippen MR) is 85.6 cm³/mol. The molecule has 1 saturated carbocycles. The summed E-state index contributed by atoms with van der Waals surface area (Å²) >= 11 is 0. The van der Waals surface area contributed by atoms with Crippen LogP contribution in [-0.2, 0) is 4.79 Å². The molecule has 1 aromatic carbocycles. The normalized spacial score (nSPS) is 23.8. The number of nitrogens with zero attached hydrogens (tertiary/aromatic N) is 1. The maximum Gasteiger partial charge on any atom is 0.242 e. The van der Waals surface area contributed by atoms with Crippen LogP contribution in [0.2, 0.25) is 0 Å². The fourth-order valence-electron chi connectivity index (χ4n) is 3.25. The average molecular weight is 289 g/mol. The van der Waals surface area contributed by atoms with Crippen LogP contribution in [0.25, 0.3) is 0 Å². The molecule has 0 heterocycles. The molecule has 2 rings (SSSR count). The van der Waals surface area contributed by atoms with Crippen LogP contribution in [0.4, 0.5) is 0 Å². The van der Waals surface area contributed by atoms with E-state index in [4.69, 9.17) is 5.84 Å². The van der Waals surface area contributed by atoms with E-state index in [0.29, 0.717) is 12.6 Å². The maximum atomic E-state index is 12.1. The summed E-state index contributed by atoms with van der Waals surface area (Å²) in [6.45, 7) is 3.04. The van der Waals surface area contributed by atoms with Crippen molar-refractivity contribution in [3.8, 4) is 0 Å². The van der Waals surface area contributed by atoms with Gasteiger partial charge in [-0.2, -0.15) is 0 Å². The first-order valence-corrected chi connectivity index (χ1v) is 7.87. The Morgan fingerprint density at radius 1 is 1.29 bits per heavy atom. The Morgan fingerprint density at radius 2 is 1.90 bits per heavy atom. The van der Waals surface area contributed by atoms with E-state index in [1.165, 1.54) is 25.7 Å². The van der Waals surface area contributed by atoms with Crippen LogP contribution in [0.15, 0.2) is 30.3 Å². The first-order valence-electron chi connectivity index (χ1n) is 7.87. The molecular weight excluding hydrogens is 262 g/mol. The lowest BCUT2D eigenvalue weighted by Gasteiger charge is -2.35. The molecule has 0 aromatic heterocycles. The fraction of sp³-hybridized carbons (Fsp3) is 0.588. The van der Waals surface area contributed by atoms with Crippen LogP contribution in [0.5, 0.6) is 0 Å². The molecule has 1 aromatic rings. The molecule has 1 atom stereocenters. The van der Waals surface area contributed by atoms with Crippen LogP contribution in [0.1, 0.15) is 44.1 Å². The van der Waals surface area contributed by atoms with E-state index < -0.39 is 0 Å². The van der Waals surface area contributed by atoms with Gasteiger partial charge in [0, 0.05) is 12.6 Å². The van der Waals surface area contributed by atoms with Gasteiger partial charge in [-0.3, -0.25) is 10.2 Å². The monoisotopic (exact) mass is 289 g/mol. The second kappa shape index (κ2) is 7.57. The average Bonchev–Trinajstić information content (AvgIpc) is 2.53. The SMILES string of the molecule is CC1CCC(N(C)CC(C(=O)NN)c2ccccc2)CC1. The van der Waals surface area contributed by atoms with Crippen molar-refractivity contribution in [2.45, 2.75) is 44.6 Å². The highest BCUT2D eigenvalue weighted by atomic mass is 16.2. The summed E-state index contributed by atoms with van der Waals surface area (Å²) in [6, 6.07) is 10.5. The van der Waals surface area contributed by atoms with Gasteiger partial charge in [-0.15, -0.1) is 0 Å². The van der Waals surface area contributed by atoms with E-state index in [1.807, 2.05) is 30.3 Å². The van der Waals surface area contributed by atoms with E-state index >= 15 is 0 Å². The lowest BCUT2D eigenvalue weighted by molar-refractivity contribution is -0.123. The van der Waals surface area contributed by atoms with Gasteiger partial charge >= 0.3 is 0 Å². The number of nitrogens with one attached hydrogen (secondary N) is 1. The second-order valence-electron chi connectivity index (χ2n) is 6.33. The van der Waals surface area contributed by atoms with Gasteiger partial charge in [0.25, 0.3) is 0 Å². The molecule has 0 aliphatic heterocycles. The highest BCUT2D eigenvalue weighted by molar-refractivity contribution is 5.83. The maximum absolute atomic E-state index is 12.1. The molecule has 1 unspecified atom stereocenters. The molecule has 116 valence electrons. The first-order chi connectivity index (χ1) is 10.1. The van der Waals surface area contributed by atoms with Gasteiger partial charge in [0.05, 0.1) is 5.92 Å². The van der Waals surface area contributed by atoms with E-state index in [2.05, 4.69) is 24.3 Å². The van der Waals surface area contributed by atoms with Crippen LogP contribution in [-0.4, -0.2) is 30.4 Å². The number of amides is 1. The van der Waals surface area contributed by atoms with Crippen molar-refractivity contribution in [2.24, 2.45) is 11.8 Å². The first kappa shape index (κ1) is 16.0. The van der Waals surface area contributed by atoms with Crippen LogP contribution >= 0.6 is 0 Å². The van der Waals surface area contributed by atoms with Gasteiger partial charge in [0.15, 0.2) is 0 Å². The fourth-order valence-corrected chi connectivity index (χ4v) is 3.25. The van der Waals surface area contributed by atoms with Gasteiger partial charge in [-0.05, 0) is 44.2 Å². The van der Waals surface area contributed by atoms with E-state index in [0.717, 1.165) is 11.5 Å². The van der Waals surface area contributed by atoms with Gasteiger partial charge < -0.3 is 4.90 Å². The third-order valence-corrected chi connectivity index (χ3v) is 4.74. The number of likely N-dealkylation sites (N-methyl/N-ethyl adjacent to an activating group) is 1. The van der Waals surface area contributed by atoms with E-state index in [-0.39, 0.29) is 11.8 Å². The molecule has 0 radical (unpaired) electrons. The smallest absolute Gasteiger partial charge is 0.242 e. The van der Waals surface area contributed by atoms with Gasteiger partial charge in [0.2, 0.25) is 5.91 Å². The zero-order chi connectivity index (χ0) is 15.2. The van der Waals surface area contributed by atoms with Crippen molar-refractivity contribution in [2.75, 3.05) is 13.6 Å². The van der Waals surface area contributed by atoms with Crippen LogP contribution in [0.3, 0.4) is 0 Å². The minimum absolute atomic E-state index is 0.114. The van der Waals surface area contributed by atoms with Gasteiger partial charge in [-0.25, -0.2) is 5.84 Å². The molecular formula is C17H27N3O. The summed E-state index contributed by atoms with van der Waals surface area (Å²) in [6.07, 6.45) is 5.02. The molecule has 21 heavy (non-hydrogen) atoms. The Hall–Kier alpha value is -1.39. The van der Waals surface area contributed by atoms with Crippen molar-refractivity contribution >= 4 is 5.91 Å². The lowest BCUT2D eigenvalue weighted by Crippen LogP contribution is -2.43. The Labute approximate surface area is 127 Å². The largest absolute Gasteiger partial charge is 0.302 e. The van der Waals surface area contributed by atoms with E-state index in [9.17, 15) is 4.79 Å². The van der Waals surface area contributed by atoms with Crippen molar-refractivity contribution in [3.63, 3.8) is 0 Å². The molecule has 1 aliphatic carbocycles. The molecule has 1 aliphatic rings. The van der Waals surface area contributed by atoms with Crippen molar-refractivity contribution < 1.29 is 4.79 Å². The Bertz CT molecular complexity index is 441. The number of hydrogen-bond donors (Lipinski definition) is 2. The minimum atomic E-state index is -0.208. The molecule has 3 N–H and O–H groups in total. The number of carbonyl (C=O) groups is 1. The molecule has 0 saturated heterocycles. The summed E-state index contributed by atoms with van der Waals surface area (Å²) < 4.78 is 0.